The van der Waals surface area contributed by atoms with Crippen LogP contribution in [0, 0.1) is 17.3 Å². The summed E-state index contributed by atoms with van der Waals surface area (Å²) in [5, 5.41) is 10.6. The summed E-state index contributed by atoms with van der Waals surface area (Å²) in [5.74, 6) is -0.348. The van der Waals surface area contributed by atoms with Crippen LogP contribution < -0.4 is 0 Å². The van der Waals surface area contributed by atoms with Crippen LogP contribution in [-0.4, -0.2) is 22.4 Å². The van der Waals surface area contributed by atoms with Crippen molar-refractivity contribution < 1.29 is 9.90 Å². The maximum Gasteiger partial charge on any atom is 0.176 e. The van der Waals surface area contributed by atoms with Gasteiger partial charge in [-0.05, 0) is 25.7 Å². The molecule has 0 aromatic rings. The number of alkyl halides is 1. The molecular weight excluding hydrogens is 248 g/mol. The smallest absolute Gasteiger partial charge is 0.176 e. The highest BCUT2D eigenvalue weighted by Gasteiger charge is 2.62. The summed E-state index contributed by atoms with van der Waals surface area (Å²) in [6.45, 7) is 9.53. The van der Waals surface area contributed by atoms with Crippen molar-refractivity contribution >= 4 is 17.4 Å². The van der Waals surface area contributed by atoms with Gasteiger partial charge in [0.15, 0.2) is 5.78 Å². The van der Waals surface area contributed by atoms with E-state index in [4.69, 9.17) is 11.6 Å². The minimum Gasteiger partial charge on any atom is -0.380 e. The molecule has 3 rings (SSSR count). The topological polar surface area (TPSA) is 37.3 Å². The number of allylic oxidation sites excluding steroid dienone is 3. The van der Waals surface area contributed by atoms with Gasteiger partial charge < -0.3 is 5.11 Å². The fraction of sp³-hybridized carbons (Fsp3) is 0.533. The number of hydrogen-bond acceptors (Lipinski definition) is 2. The zero-order chi connectivity index (χ0) is 13.6. The van der Waals surface area contributed by atoms with E-state index in [0.29, 0.717) is 6.42 Å². The minimum atomic E-state index is -1.43. The van der Waals surface area contributed by atoms with Gasteiger partial charge in [0.25, 0.3) is 0 Å². The molecule has 0 aromatic carbocycles. The molecular formula is C15H19ClO2. The highest BCUT2D eigenvalue weighted by atomic mass is 35.5. The number of rotatable bonds is 4. The van der Waals surface area contributed by atoms with Gasteiger partial charge in [-0.3, -0.25) is 4.79 Å². The van der Waals surface area contributed by atoms with Gasteiger partial charge >= 0.3 is 0 Å². The van der Waals surface area contributed by atoms with Crippen LogP contribution in [0.2, 0.25) is 0 Å². The fourth-order valence-electron chi connectivity index (χ4n) is 3.63. The summed E-state index contributed by atoms with van der Waals surface area (Å²) in [7, 11) is 0. The number of fused-ring (bicyclic) bond motifs is 2. The summed E-state index contributed by atoms with van der Waals surface area (Å²) in [5.41, 5.74) is -1.08. The van der Waals surface area contributed by atoms with Gasteiger partial charge in [0.1, 0.15) is 5.60 Å². The minimum absolute atomic E-state index is 0.0512. The van der Waals surface area contributed by atoms with Crippen LogP contribution in [0.25, 0.3) is 0 Å². The second kappa shape index (κ2) is 4.36. The van der Waals surface area contributed by atoms with E-state index >= 15 is 0 Å². The average molecular weight is 267 g/mol. The molecule has 1 N–H and O–H groups in total. The predicted octanol–water partition coefficient (Wildman–Crippen LogP) is 2.87. The maximum atomic E-state index is 12.7. The Morgan fingerprint density at radius 1 is 1.61 bits per heavy atom. The molecule has 1 fully saturated rings. The van der Waals surface area contributed by atoms with Crippen LogP contribution in [0.1, 0.15) is 19.8 Å². The van der Waals surface area contributed by atoms with Gasteiger partial charge in [0.2, 0.25) is 0 Å². The van der Waals surface area contributed by atoms with Gasteiger partial charge in [0.05, 0.1) is 11.3 Å². The van der Waals surface area contributed by atoms with Crippen LogP contribution in [0.15, 0.2) is 37.0 Å². The molecule has 0 aliphatic heterocycles. The van der Waals surface area contributed by atoms with Crippen LogP contribution in [0.3, 0.4) is 0 Å². The van der Waals surface area contributed by atoms with Gasteiger partial charge in [-0.25, -0.2) is 0 Å². The first kappa shape index (κ1) is 13.6. The van der Waals surface area contributed by atoms with Crippen molar-refractivity contribution in [3.63, 3.8) is 0 Å². The van der Waals surface area contributed by atoms with Crippen molar-refractivity contribution in [2.75, 3.05) is 5.88 Å². The predicted molar refractivity (Wildman–Crippen MR) is 73.5 cm³/mol. The monoisotopic (exact) mass is 266 g/mol. The number of hydrogen-bond donors (Lipinski definition) is 1. The first-order chi connectivity index (χ1) is 8.46. The Kier molecular flexibility index (Phi) is 3.28. The second-order valence-electron chi connectivity index (χ2n) is 5.44. The highest BCUT2D eigenvalue weighted by Crippen LogP contribution is 2.56. The Morgan fingerprint density at radius 2 is 2.28 bits per heavy atom. The van der Waals surface area contributed by atoms with E-state index in [0.717, 1.165) is 12.0 Å². The van der Waals surface area contributed by atoms with E-state index in [1.165, 1.54) is 0 Å². The van der Waals surface area contributed by atoms with E-state index < -0.39 is 11.0 Å². The lowest BCUT2D eigenvalue weighted by Gasteiger charge is -2.54. The molecule has 2 bridgehead atoms. The molecule has 1 saturated carbocycles. The van der Waals surface area contributed by atoms with Crippen molar-refractivity contribution in [2.24, 2.45) is 17.3 Å². The Bertz CT molecular complexity index is 440. The summed E-state index contributed by atoms with van der Waals surface area (Å²) < 4.78 is 0. The molecule has 2 nitrogen and oxygen atoms in total. The van der Waals surface area contributed by atoms with Crippen LogP contribution in [0.4, 0.5) is 0 Å². The van der Waals surface area contributed by atoms with Gasteiger partial charge in [0, 0.05) is 5.92 Å². The summed E-state index contributed by atoms with van der Waals surface area (Å²) in [6.07, 6.45) is 6.81. The number of carbonyl (C=O) groups excluding carboxylic acids is 1. The first-order valence-corrected chi connectivity index (χ1v) is 6.75. The highest BCUT2D eigenvalue weighted by molar-refractivity contribution is 6.21. The molecule has 3 aliphatic carbocycles. The molecule has 0 radical (unpaired) electrons. The van der Waals surface area contributed by atoms with Crippen molar-refractivity contribution in [1.82, 2.24) is 0 Å². The van der Waals surface area contributed by atoms with Gasteiger partial charge in [-0.2, -0.15) is 0 Å². The van der Waals surface area contributed by atoms with E-state index in [2.05, 4.69) is 13.2 Å². The van der Waals surface area contributed by atoms with Gasteiger partial charge in [-0.15, -0.1) is 24.8 Å². The summed E-state index contributed by atoms with van der Waals surface area (Å²) in [6, 6.07) is 0. The van der Waals surface area contributed by atoms with Crippen molar-refractivity contribution in [3.8, 4) is 0 Å². The van der Waals surface area contributed by atoms with Gasteiger partial charge in [-0.1, -0.05) is 23.8 Å². The maximum absolute atomic E-state index is 12.7. The largest absolute Gasteiger partial charge is 0.380 e. The lowest BCUT2D eigenvalue weighted by atomic mass is 9.50. The number of halogens is 1. The molecule has 0 aromatic heterocycles. The SMILES string of the molecule is C=CCC12C=C(C)C(CC1C=C)C(O)(CCl)C2=O. The lowest BCUT2D eigenvalue weighted by molar-refractivity contribution is -0.159. The molecule has 4 atom stereocenters. The van der Waals surface area contributed by atoms with Crippen molar-refractivity contribution in [2.45, 2.75) is 25.4 Å². The fourth-order valence-corrected chi connectivity index (χ4v) is 3.94. The molecule has 0 heterocycles. The first-order valence-electron chi connectivity index (χ1n) is 6.22. The quantitative estimate of drug-likeness (QED) is 0.628. The third-order valence-electron chi connectivity index (χ3n) is 4.55. The molecule has 0 amide bonds. The second-order valence-corrected chi connectivity index (χ2v) is 5.71. The lowest BCUT2D eigenvalue weighted by Crippen LogP contribution is -2.64. The normalized spacial score (nSPS) is 42.6. The molecule has 3 heteroatoms. The number of carbonyl (C=O) groups is 1. The summed E-state index contributed by atoms with van der Waals surface area (Å²) >= 11 is 5.88. The molecule has 4 unspecified atom stereocenters. The average Bonchev–Trinajstić information content (AvgIpc) is 2.36. The van der Waals surface area contributed by atoms with E-state index in [1.807, 2.05) is 19.1 Å². The number of ketones is 1. The summed E-state index contributed by atoms with van der Waals surface area (Å²) in [4.78, 5) is 12.7. The zero-order valence-corrected chi connectivity index (χ0v) is 11.4. The Hall–Kier alpha value is -0.860. The Labute approximate surface area is 113 Å². The number of Topliss-reactive ketones (excluding diaryl/α,β-unsaturated/α-hetero) is 1. The molecule has 0 spiro atoms. The van der Waals surface area contributed by atoms with E-state index in [9.17, 15) is 9.90 Å². The van der Waals surface area contributed by atoms with Crippen LogP contribution >= 0.6 is 11.6 Å². The molecule has 18 heavy (non-hydrogen) atoms. The third-order valence-corrected chi connectivity index (χ3v) is 4.96. The third kappa shape index (κ3) is 1.49. The van der Waals surface area contributed by atoms with Crippen molar-refractivity contribution in [1.29, 1.82) is 0 Å². The zero-order valence-electron chi connectivity index (χ0n) is 10.7. The molecule has 98 valence electrons. The Balaban J connectivity index is 2.62. The standard InChI is InChI=1S/C15H19ClO2/c1-4-6-14-8-10(3)12(7-11(14)5-2)15(18,9-16)13(14)17/h4-5,8,11-12,18H,1-2,6-7,9H2,3H3. The molecule has 0 saturated heterocycles. The Morgan fingerprint density at radius 3 is 2.78 bits per heavy atom. The van der Waals surface area contributed by atoms with Crippen LogP contribution in [-0.2, 0) is 4.79 Å². The van der Waals surface area contributed by atoms with Crippen LogP contribution in [0.5, 0.6) is 0 Å². The van der Waals surface area contributed by atoms with E-state index in [-0.39, 0.29) is 23.5 Å². The molecule has 3 aliphatic rings. The van der Waals surface area contributed by atoms with E-state index in [1.54, 1.807) is 6.08 Å². The van der Waals surface area contributed by atoms with Crippen molar-refractivity contribution in [3.05, 3.63) is 37.0 Å². The number of aliphatic hydroxyl groups is 1.